The second-order valence-electron chi connectivity index (χ2n) is 10.9. The molecule has 0 aliphatic carbocycles. The summed E-state index contributed by atoms with van der Waals surface area (Å²) in [7, 11) is 2.08. The number of anilines is 2. The number of aromatic nitrogens is 1. The normalized spacial score (nSPS) is 21.1. The Labute approximate surface area is 254 Å². The third-order valence-corrected chi connectivity index (χ3v) is 7.80. The summed E-state index contributed by atoms with van der Waals surface area (Å²) in [6, 6.07) is 13.5. The Morgan fingerprint density at radius 3 is 2.59 bits per heavy atom. The average molecular weight is 612 g/mol. The highest BCUT2D eigenvalue weighted by Gasteiger charge is 2.31. The lowest BCUT2D eigenvalue weighted by Crippen LogP contribution is -2.45. The van der Waals surface area contributed by atoms with Gasteiger partial charge in [-0.25, -0.2) is 0 Å². The van der Waals surface area contributed by atoms with Crippen molar-refractivity contribution in [2.45, 2.75) is 31.6 Å². The predicted molar refractivity (Wildman–Crippen MR) is 162 cm³/mol. The van der Waals surface area contributed by atoms with E-state index in [1.165, 1.54) is 0 Å². The van der Waals surface area contributed by atoms with Crippen molar-refractivity contribution in [1.29, 1.82) is 5.41 Å². The number of rotatable bonds is 2. The average Bonchev–Trinajstić information content (AvgIpc) is 3.33. The maximum Gasteiger partial charge on any atom is 0.406 e. The van der Waals surface area contributed by atoms with E-state index in [9.17, 15) is 18.0 Å². The molecular weight excluding hydrogens is 575 g/mol. The fourth-order valence-corrected chi connectivity index (χ4v) is 5.69. The molecule has 0 spiro atoms. The molecule has 0 radical (unpaired) electrons. The molecule has 234 valence electrons. The van der Waals surface area contributed by atoms with Crippen LogP contribution in [0.1, 0.15) is 18.5 Å². The SMILES string of the molecule is CN1CC[C@@H]2Nc3cccc4c3cc(n4CC(F)(F)F)C#CC(=O)N(C=N)c3cccc(c3)OCCOCCOCC[C@H]2C1. The van der Waals surface area contributed by atoms with E-state index in [0.717, 1.165) is 41.7 Å². The van der Waals surface area contributed by atoms with Gasteiger partial charge in [-0.3, -0.25) is 15.1 Å². The standard InChI is InChI=1S/C32H36F3N5O4/c1-38-12-10-28-23(20-38)11-13-42-14-15-43-16-17-44-26-5-2-4-24(18-26)40(22-36)31(41)9-8-25-19-27-29(37-28)6-3-7-30(27)39(25)21-32(33,34)35/h2-7,18-19,22-23,28,36-37H,10-17,20-21H2,1H3/t23-,28-/m0/s1. The van der Waals surface area contributed by atoms with Crippen molar-refractivity contribution >= 4 is 34.5 Å². The van der Waals surface area contributed by atoms with Gasteiger partial charge in [0.25, 0.3) is 0 Å². The Morgan fingerprint density at radius 2 is 1.80 bits per heavy atom. The zero-order valence-corrected chi connectivity index (χ0v) is 24.5. The second kappa shape index (κ2) is 14.2. The molecule has 0 saturated carbocycles. The molecule has 1 aromatic heterocycles. The first-order chi connectivity index (χ1) is 21.2. The lowest BCUT2D eigenvalue weighted by atomic mass is 9.89. The molecule has 12 heteroatoms. The highest BCUT2D eigenvalue weighted by molar-refractivity contribution is 6.16. The van der Waals surface area contributed by atoms with E-state index in [2.05, 4.69) is 29.1 Å². The van der Waals surface area contributed by atoms with Crippen molar-refractivity contribution in [2.75, 3.05) is 63.4 Å². The van der Waals surface area contributed by atoms with Gasteiger partial charge < -0.3 is 29.0 Å². The first-order valence-corrected chi connectivity index (χ1v) is 14.6. The van der Waals surface area contributed by atoms with Gasteiger partial charge in [-0.15, -0.1) is 0 Å². The molecule has 1 amide bonds. The van der Waals surface area contributed by atoms with Crippen LogP contribution < -0.4 is 15.0 Å². The van der Waals surface area contributed by atoms with E-state index in [4.69, 9.17) is 19.6 Å². The van der Waals surface area contributed by atoms with E-state index in [0.29, 0.717) is 54.5 Å². The molecular formula is C32H36F3N5O4. The van der Waals surface area contributed by atoms with Gasteiger partial charge in [0.15, 0.2) is 0 Å². The van der Waals surface area contributed by atoms with Crippen LogP contribution in [0.25, 0.3) is 10.9 Å². The zero-order valence-electron chi connectivity index (χ0n) is 24.5. The second-order valence-corrected chi connectivity index (χ2v) is 10.9. The highest BCUT2D eigenvalue weighted by Crippen LogP contribution is 2.32. The van der Waals surface area contributed by atoms with Crippen molar-refractivity contribution in [3.05, 3.63) is 54.2 Å². The number of ether oxygens (including phenoxy) is 3. The van der Waals surface area contributed by atoms with E-state index < -0.39 is 18.6 Å². The number of fused-ring (bicyclic) bond motifs is 4. The van der Waals surface area contributed by atoms with Crippen LogP contribution in [0.15, 0.2) is 48.5 Å². The zero-order chi connectivity index (χ0) is 31.1. The molecule has 2 aliphatic heterocycles. The van der Waals surface area contributed by atoms with E-state index in [1.807, 2.05) is 6.07 Å². The lowest BCUT2D eigenvalue weighted by Gasteiger charge is -2.38. The van der Waals surface area contributed by atoms with Gasteiger partial charge in [0, 0.05) is 42.3 Å². The van der Waals surface area contributed by atoms with Gasteiger partial charge in [0.2, 0.25) is 0 Å². The molecule has 5 rings (SSSR count). The molecule has 9 nitrogen and oxygen atoms in total. The maximum atomic E-state index is 13.7. The van der Waals surface area contributed by atoms with Crippen LogP contribution in [0, 0.1) is 23.2 Å². The maximum absolute atomic E-state index is 13.7. The molecule has 2 atom stereocenters. The number of carbonyl (C=O) groups excluding carboxylic acids is 1. The van der Waals surface area contributed by atoms with E-state index in [1.54, 1.807) is 42.5 Å². The predicted octanol–water partition coefficient (Wildman–Crippen LogP) is 4.74. The lowest BCUT2D eigenvalue weighted by molar-refractivity contribution is -0.140. The molecule has 1 fully saturated rings. The minimum atomic E-state index is -4.51. The minimum absolute atomic E-state index is 0.0497. The minimum Gasteiger partial charge on any atom is -0.491 e. The molecule has 2 aliphatic rings. The fraction of sp³-hybridized carbons (Fsp3) is 0.438. The van der Waals surface area contributed by atoms with Crippen molar-refractivity contribution < 1.29 is 32.2 Å². The number of benzene rings is 2. The van der Waals surface area contributed by atoms with Gasteiger partial charge in [-0.05, 0) is 68.6 Å². The van der Waals surface area contributed by atoms with Crippen LogP contribution in [0.4, 0.5) is 24.5 Å². The van der Waals surface area contributed by atoms with E-state index >= 15 is 0 Å². The summed E-state index contributed by atoms with van der Waals surface area (Å²) in [5.41, 5.74) is 1.45. The number of nitrogens with zero attached hydrogens (tertiary/aromatic N) is 3. The summed E-state index contributed by atoms with van der Waals surface area (Å²) in [4.78, 5) is 16.4. The van der Waals surface area contributed by atoms with Gasteiger partial charge in [-0.1, -0.05) is 12.1 Å². The van der Waals surface area contributed by atoms with Crippen molar-refractivity contribution in [1.82, 2.24) is 9.47 Å². The summed E-state index contributed by atoms with van der Waals surface area (Å²) in [6.45, 7) is 2.54. The van der Waals surface area contributed by atoms with E-state index in [-0.39, 0.29) is 24.3 Å². The van der Waals surface area contributed by atoms with Gasteiger partial charge >= 0.3 is 12.1 Å². The number of amides is 1. The van der Waals surface area contributed by atoms with Crippen LogP contribution in [0.5, 0.6) is 5.75 Å². The Bertz CT molecular complexity index is 1530. The number of halogens is 3. The van der Waals surface area contributed by atoms with Crippen molar-refractivity contribution in [3.63, 3.8) is 0 Å². The number of nitrogens with one attached hydrogen (secondary N) is 2. The Kier molecular flexibility index (Phi) is 10.1. The first kappa shape index (κ1) is 31.4. The highest BCUT2D eigenvalue weighted by atomic mass is 19.4. The largest absolute Gasteiger partial charge is 0.491 e. The van der Waals surface area contributed by atoms with Gasteiger partial charge in [0.1, 0.15) is 18.9 Å². The summed E-state index contributed by atoms with van der Waals surface area (Å²) < 4.78 is 59.6. The van der Waals surface area contributed by atoms with Crippen LogP contribution in [-0.2, 0) is 20.8 Å². The van der Waals surface area contributed by atoms with Crippen molar-refractivity contribution in [2.24, 2.45) is 5.92 Å². The Morgan fingerprint density at radius 1 is 1.02 bits per heavy atom. The quantitative estimate of drug-likeness (QED) is 0.247. The summed E-state index contributed by atoms with van der Waals surface area (Å²) in [5, 5.41) is 12.0. The van der Waals surface area contributed by atoms with Crippen LogP contribution >= 0.6 is 0 Å². The monoisotopic (exact) mass is 611 g/mol. The van der Waals surface area contributed by atoms with Crippen LogP contribution in [0.2, 0.25) is 0 Å². The number of alkyl halides is 3. The molecule has 1 saturated heterocycles. The van der Waals surface area contributed by atoms with Crippen LogP contribution in [-0.4, -0.2) is 87.1 Å². The number of piperidine rings is 1. The molecule has 0 unspecified atom stereocenters. The number of hydrogen-bond acceptors (Lipinski definition) is 7. The van der Waals surface area contributed by atoms with Gasteiger partial charge in [0.05, 0.1) is 43.1 Å². The first-order valence-electron chi connectivity index (χ1n) is 14.6. The summed E-state index contributed by atoms with van der Waals surface area (Å²) in [6.07, 6.45) is -2.02. The fourth-order valence-electron chi connectivity index (χ4n) is 5.69. The molecule has 3 heterocycles. The number of carbonyl (C=O) groups is 1. The molecule has 4 bridgehead atoms. The summed E-state index contributed by atoms with van der Waals surface area (Å²) in [5.74, 6) is 5.07. The topological polar surface area (TPSA) is 92.1 Å². The molecule has 3 aromatic rings. The molecule has 2 N–H and O–H groups in total. The Balaban J connectivity index is 1.53. The number of hydrogen-bond donors (Lipinski definition) is 2. The van der Waals surface area contributed by atoms with Crippen molar-refractivity contribution in [3.8, 4) is 17.6 Å². The molecule has 44 heavy (non-hydrogen) atoms. The Hall–Kier alpha value is -4.05. The van der Waals surface area contributed by atoms with Crippen LogP contribution in [0.3, 0.4) is 0 Å². The number of likely N-dealkylation sites (tertiary alicyclic amines) is 1. The third kappa shape index (κ3) is 7.91. The molecule has 2 aromatic carbocycles. The smallest absolute Gasteiger partial charge is 0.406 e. The third-order valence-electron chi connectivity index (χ3n) is 7.80. The van der Waals surface area contributed by atoms with Gasteiger partial charge in [-0.2, -0.15) is 13.2 Å². The summed E-state index contributed by atoms with van der Waals surface area (Å²) >= 11 is 0.